The molecule has 1 heterocycles. The second kappa shape index (κ2) is 14.4. The van der Waals surface area contributed by atoms with Crippen molar-refractivity contribution in [3.63, 3.8) is 0 Å². The lowest BCUT2D eigenvalue weighted by atomic mass is 9.91. The topological polar surface area (TPSA) is 54.0 Å². The molecule has 4 aromatic carbocycles. The summed E-state index contributed by atoms with van der Waals surface area (Å²) in [5.74, 6) is -5.08. The summed E-state index contributed by atoms with van der Waals surface area (Å²) in [6.45, 7) is 0.676. The molecule has 1 saturated heterocycles. The molecule has 4 aromatic rings. The maximum Gasteiger partial charge on any atom is 0.335 e. The zero-order chi connectivity index (χ0) is 29.2. The van der Waals surface area contributed by atoms with Crippen LogP contribution >= 0.6 is 0 Å². The number of alkyl halides is 2. The van der Waals surface area contributed by atoms with Crippen molar-refractivity contribution in [3.8, 4) is 0 Å². The van der Waals surface area contributed by atoms with Gasteiger partial charge in [0.1, 0.15) is 18.3 Å². The summed E-state index contributed by atoms with van der Waals surface area (Å²) in [5, 5.41) is 0. The number of benzene rings is 4. The van der Waals surface area contributed by atoms with Crippen molar-refractivity contribution in [2.75, 3.05) is 6.61 Å². The van der Waals surface area contributed by atoms with Crippen molar-refractivity contribution in [2.24, 2.45) is 0 Å². The largest absolute Gasteiger partial charge is 0.374 e. The van der Waals surface area contributed by atoms with Crippen LogP contribution < -0.4 is 0 Å². The molecule has 7 heteroatoms. The van der Waals surface area contributed by atoms with Crippen LogP contribution in [-0.4, -0.2) is 42.7 Å². The van der Waals surface area contributed by atoms with Gasteiger partial charge in [0.15, 0.2) is 0 Å². The Labute approximate surface area is 245 Å². The monoisotopic (exact) mass is 572 g/mol. The molecule has 1 aliphatic rings. The first-order chi connectivity index (χ1) is 20.5. The summed E-state index contributed by atoms with van der Waals surface area (Å²) in [7, 11) is 0. The fourth-order valence-corrected chi connectivity index (χ4v) is 5.01. The van der Waals surface area contributed by atoms with Crippen LogP contribution in [-0.2, 0) is 38.8 Å². The number of hydrogen-bond acceptors (Lipinski definition) is 5. The standard InChI is InChI=1S/C35H34F2O5/c36-35(37,34(38)29-19-11-4-12-20-29)32-21-30(40-23-27-15-7-2-8-16-27)33(41-24-28-17-9-3-10-18-28)31(42-32)25-39-22-26-13-5-1-6-14-26/h1-20,30-33H,21-25H2/t30-,31-,32+,33+/m1/s1. The molecular formula is C35H34F2O5. The maximum absolute atomic E-state index is 15.9. The van der Waals surface area contributed by atoms with Gasteiger partial charge in [0.25, 0.3) is 0 Å². The Balaban J connectivity index is 1.40. The third kappa shape index (κ3) is 7.75. The zero-order valence-corrected chi connectivity index (χ0v) is 23.2. The van der Waals surface area contributed by atoms with Crippen molar-refractivity contribution in [1.82, 2.24) is 0 Å². The highest BCUT2D eigenvalue weighted by molar-refractivity contribution is 6.01. The number of hydrogen-bond donors (Lipinski definition) is 0. The Morgan fingerprint density at radius 1 is 0.690 bits per heavy atom. The van der Waals surface area contributed by atoms with E-state index in [0.29, 0.717) is 0 Å². The first kappa shape index (κ1) is 29.7. The molecular weight excluding hydrogens is 538 g/mol. The smallest absolute Gasteiger partial charge is 0.335 e. The van der Waals surface area contributed by atoms with Crippen LogP contribution in [0.15, 0.2) is 121 Å². The van der Waals surface area contributed by atoms with Crippen molar-refractivity contribution in [3.05, 3.63) is 144 Å². The van der Waals surface area contributed by atoms with Gasteiger partial charge in [0.05, 0.1) is 32.5 Å². The molecule has 0 amide bonds. The van der Waals surface area contributed by atoms with E-state index in [2.05, 4.69) is 0 Å². The molecule has 0 bridgehead atoms. The van der Waals surface area contributed by atoms with Gasteiger partial charge in [-0.15, -0.1) is 0 Å². The second-order valence-electron chi connectivity index (χ2n) is 10.3. The average Bonchev–Trinajstić information content (AvgIpc) is 3.04. The van der Waals surface area contributed by atoms with E-state index in [9.17, 15) is 4.79 Å². The fraction of sp³-hybridized carbons (Fsp3) is 0.286. The highest BCUT2D eigenvalue weighted by atomic mass is 19.3. The number of halogens is 2. The minimum Gasteiger partial charge on any atom is -0.374 e. The third-order valence-electron chi connectivity index (χ3n) is 7.25. The van der Waals surface area contributed by atoms with Crippen LogP contribution in [0.5, 0.6) is 0 Å². The van der Waals surface area contributed by atoms with Crippen LogP contribution in [0.2, 0.25) is 0 Å². The molecule has 0 N–H and O–H groups in total. The first-order valence-corrected chi connectivity index (χ1v) is 14.1. The molecule has 1 aliphatic heterocycles. The van der Waals surface area contributed by atoms with Crippen molar-refractivity contribution in [2.45, 2.75) is 56.6 Å². The normalized spacial score (nSPS) is 20.7. The highest BCUT2D eigenvalue weighted by Gasteiger charge is 2.54. The summed E-state index contributed by atoms with van der Waals surface area (Å²) >= 11 is 0. The molecule has 42 heavy (non-hydrogen) atoms. The number of carbonyl (C=O) groups is 1. The van der Waals surface area contributed by atoms with E-state index in [4.69, 9.17) is 18.9 Å². The van der Waals surface area contributed by atoms with E-state index < -0.39 is 36.1 Å². The molecule has 0 aliphatic carbocycles. The van der Waals surface area contributed by atoms with Gasteiger partial charge in [0, 0.05) is 12.0 Å². The Morgan fingerprint density at radius 2 is 1.17 bits per heavy atom. The van der Waals surface area contributed by atoms with Crippen molar-refractivity contribution in [1.29, 1.82) is 0 Å². The van der Waals surface area contributed by atoms with Gasteiger partial charge < -0.3 is 18.9 Å². The van der Waals surface area contributed by atoms with E-state index in [1.54, 1.807) is 18.2 Å². The predicted octanol–water partition coefficient (Wildman–Crippen LogP) is 7.05. The van der Waals surface area contributed by atoms with Crippen LogP contribution in [0.4, 0.5) is 8.78 Å². The van der Waals surface area contributed by atoms with E-state index in [1.807, 2.05) is 91.0 Å². The minimum absolute atomic E-state index is 0.0222. The fourth-order valence-electron chi connectivity index (χ4n) is 5.01. The van der Waals surface area contributed by atoms with Crippen LogP contribution in [0.3, 0.4) is 0 Å². The zero-order valence-electron chi connectivity index (χ0n) is 23.2. The van der Waals surface area contributed by atoms with Gasteiger partial charge in [-0.2, -0.15) is 8.78 Å². The van der Waals surface area contributed by atoms with Gasteiger partial charge in [0.2, 0.25) is 5.78 Å². The van der Waals surface area contributed by atoms with Gasteiger partial charge >= 0.3 is 5.92 Å². The Bertz CT molecular complexity index is 1370. The summed E-state index contributed by atoms with van der Waals surface area (Å²) in [4.78, 5) is 13.0. The van der Waals surface area contributed by atoms with E-state index >= 15 is 8.78 Å². The lowest BCUT2D eigenvalue weighted by molar-refractivity contribution is -0.251. The predicted molar refractivity (Wildman–Crippen MR) is 155 cm³/mol. The molecule has 0 unspecified atom stereocenters. The van der Waals surface area contributed by atoms with Crippen LogP contribution in [0.25, 0.3) is 0 Å². The lowest BCUT2D eigenvalue weighted by Crippen LogP contribution is -2.58. The minimum atomic E-state index is -3.79. The Kier molecular flexibility index (Phi) is 10.2. The average molecular weight is 573 g/mol. The van der Waals surface area contributed by atoms with Gasteiger partial charge in [-0.05, 0) is 16.7 Å². The summed E-state index contributed by atoms with van der Waals surface area (Å²) in [6.07, 6.45) is -4.37. The number of ether oxygens (including phenoxy) is 4. The lowest BCUT2D eigenvalue weighted by Gasteiger charge is -2.43. The SMILES string of the molecule is O=C(c1ccccc1)C(F)(F)[C@@H]1C[C@@H](OCc2ccccc2)[C@H](OCc2ccccc2)[C@@H](COCc2ccccc2)O1. The third-order valence-corrected chi connectivity index (χ3v) is 7.25. The van der Waals surface area contributed by atoms with Crippen LogP contribution in [0.1, 0.15) is 33.5 Å². The summed E-state index contributed by atoms with van der Waals surface area (Å²) in [6, 6.07) is 36.2. The number of rotatable bonds is 13. The summed E-state index contributed by atoms with van der Waals surface area (Å²) < 4.78 is 56.3. The molecule has 0 spiro atoms. The maximum atomic E-state index is 15.9. The number of carbonyl (C=O) groups excluding carboxylic acids is 1. The van der Waals surface area contributed by atoms with E-state index in [0.717, 1.165) is 16.7 Å². The number of Topliss-reactive ketones (excluding diaryl/α,β-unsaturated/α-hetero) is 1. The van der Waals surface area contributed by atoms with Gasteiger partial charge in [-0.3, -0.25) is 4.79 Å². The molecule has 5 rings (SSSR count). The first-order valence-electron chi connectivity index (χ1n) is 14.1. The highest BCUT2D eigenvalue weighted by Crippen LogP contribution is 2.37. The van der Waals surface area contributed by atoms with Crippen molar-refractivity contribution >= 4 is 5.78 Å². The van der Waals surface area contributed by atoms with Crippen molar-refractivity contribution < 1.29 is 32.5 Å². The molecule has 5 nitrogen and oxygen atoms in total. The quantitative estimate of drug-likeness (QED) is 0.161. The second-order valence-corrected chi connectivity index (χ2v) is 10.3. The molecule has 0 radical (unpaired) electrons. The molecule has 4 atom stereocenters. The number of ketones is 1. The van der Waals surface area contributed by atoms with Crippen LogP contribution in [0, 0.1) is 0 Å². The molecule has 0 saturated carbocycles. The molecule has 1 fully saturated rings. The van der Waals surface area contributed by atoms with Gasteiger partial charge in [-0.25, -0.2) is 0 Å². The van der Waals surface area contributed by atoms with E-state index in [1.165, 1.54) is 12.1 Å². The molecule has 218 valence electrons. The van der Waals surface area contributed by atoms with Gasteiger partial charge in [-0.1, -0.05) is 121 Å². The Morgan fingerprint density at radius 3 is 1.71 bits per heavy atom. The van der Waals surface area contributed by atoms with E-state index in [-0.39, 0.29) is 38.4 Å². The summed E-state index contributed by atoms with van der Waals surface area (Å²) in [5.41, 5.74) is 2.68. The molecule has 0 aromatic heterocycles. The Hall–Kier alpha value is -3.75.